The molecule has 1 unspecified atom stereocenters. The minimum Gasteiger partial charge on any atom is -0.368 e. The van der Waals surface area contributed by atoms with Crippen LogP contribution in [0.5, 0.6) is 0 Å². The van der Waals surface area contributed by atoms with Gasteiger partial charge in [-0.3, -0.25) is 9.59 Å². The first-order valence-corrected chi connectivity index (χ1v) is 11.6. The molecule has 5 heteroatoms. The highest BCUT2D eigenvalue weighted by molar-refractivity contribution is 5.96. The maximum atomic E-state index is 12.8. The second kappa shape index (κ2) is 11.0. The molecular formula is C26H35N3O2. The van der Waals surface area contributed by atoms with Gasteiger partial charge in [0.1, 0.15) is 0 Å². The van der Waals surface area contributed by atoms with Gasteiger partial charge in [0, 0.05) is 43.5 Å². The first kappa shape index (κ1) is 22.9. The van der Waals surface area contributed by atoms with E-state index in [2.05, 4.69) is 36.2 Å². The van der Waals surface area contributed by atoms with Gasteiger partial charge >= 0.3 is 0 Å². The Bertz CT molecular complexity index is 839. The predicted octanol–water partition coefficient (Wildman–Crippen LogP) is 4.90. The van der Waals surface area contributed by atoms with Crippen molar-refractivity contribution in [1.29, 1.82) is 0 Å². The lowest BCUT2D eigenvalue weighted by atomic mass is 9.95. The molecule has 2 aromatic carbocycles. The number of piperazine rings is 1. The van der Waals surface area contributed by atoms with E-state index in [0.717, 1.165) is 62.4 Å². The van der Waals surface area contributed by atoms with Gasteiger partial charge in [-0.25, -0.2) is 0 Å². The zero-order valence-corrected chi connectivity index (χ0v) is 19.0. The summed E-state index contributed by atoms with van der Waals surface area (Å²) in [5.41, 5.74) is 2.98. The molecule has 1 N–H and O–H groups in total. The number of hydrogen-bond donors (Lipinski definition) is 1. The summed E-state index contributed by atoms with van der Waals surface area (Å²) in [7, 11) is 0. The summed E-state index contributed by atoms with van der Waals surface area (Å²) in [6.45, 7) is 9.42. The third kappa shape index (κ3) is 5.66. The van der Waals surface area contributed by atoms with Gasteiger partial charge in [0.2, 0.25) is 11.8 Å². The zero-order chi connectivity index (χ0) is 22.2. The van der Waals surface area contributed by atoms with E-state index < -0.39 is 0 Å². The number of carbonyl (C=O) groups is 2. The van der Waals surface area contributed by atoms with E-state index in [1.807, 2.05) is 54.3 Å². The summed E-state index contributed by atoms with van der Waals surface area (Å²) in [6.07, 6.45) is 2.58. The van der Waals surface area contributed by atoms with Crippen LogP contribution in [0.4, 0.5) is 11.4 Å². The van der Waals surface area contributed by atoms with Gasteiger partial charge in [-0.2, -0.15) is 0 Å². The number of hydrogen-bond acceptors (Lipinski definition) is 3. The van der Waals surface area contributed by atoms with E-state index in [0.29, 0.717) is 5.91 Å². The number of nitrogens with zero attached hydrogens (tertiary/aromatic N) is 2. The highest BCUT2D eigenvalue weighted by atomic mass is 16.2. The molecular weight excluding hydrogens is 386 g/mol. The molecule has 1 atom stereocenters. The van der Waals surface area contributed by atoms with Crippen LogP contribution < -0.4 is 10.2 Å². The first-order valence-electron chi connectivity index (χ1n) is 11.6. The molecule has 1 aliphatic rings. The van der Waals surface area contributed by atoms with Crippen molar-refractivity contribution in [3.05, 3.63) is 60.2 Å². The lowest BCUT2D eigenvalue weighted by Gasteiger charge is -2.37. The van der Waals surface area contributed by atoms with Crippen LogP contribution in [0, 0.1) is 5.92 Å². The number of anilines is 2. The Morgan fingerprint density at radius 2 is 1.45 bits per heavy atom. The van der Waals surface area contributed by atoms with Gasteiger partial charge in [0.15, 0.2) is 0 Å². The van der Waals surface area contributed by atoms with Crippen LogP contribution >= 0.6 is 0 Å². The van der Waals surface area contributed by atoms with Crippen molar-refractivity contribution in [2.45, 2.75) is 46.0 Å². The molecule has 0 aromatic heterocycles. The molecule has 2 aromatic rings. The SMILES string of the molecule is CCC(CC)C(=O)N1CCN(c2ccc(NC(=O)C(CC)c3ccccc3)cc2)CC1. The molecule has 1 aliphatic heterocycles. The third-order valence-corrected chi connectivity index (χ3v) is 6.35. The molecule has 0 radical (unpaired) electrons. The van der Waals surface area contributed by atoms with Crippen LogP contribution in [0.3, 0.4) is 0 Å². The quantitative estimate of drug-likeness (QED) is 0.659. The Morgan fingerprint density at radius 3 is 2.00 bits per heavy atom. The fourth-order valence-electron chi connectivity index (χ4n) is 4.32. The Morgan fingerprint density at radius 1 is 0.839 bits per heavy atom. The fraction of sp³-hybridized carbons (Fsp3) is 0.462. The van der Waals surface area contributed by atoms with Gasteiger partial charge < -0.3 is 15.1 Å². The van der Waals surface area contributed by atoms with E-state index in [4.69, 9.17) is 0 Å². The summed E-state index contributed by atoms with van der Waals surface area (Å²) >= 11 is 0. The molecule has 5 nitrogen and oxygen atoms in total. The second-order valence-corrected chi connectivity index (χ2v) is 8.23. The first-order chi connectivity index (χ1) is 15.1. The van der Waals surface area contributed by atoms with E-state index in [9.17, 15) is 9.59 Å². The van der Waals surface area contributed by atoms with Crippen LogP contribution in [0.15, 0.2) is 54.6 Å². The second-order valence-electron chi connectivity index (χ2n) is 8.23. The molecule has 0 bridgehead atoms. The smallest absolute Gasteiger partial charge is 0.231 e. The summed E-state index contributed by atoms with van der Waals surface area (Å²) in [4.78, 5) is 29.7. The molecule has 0 saturated carbocycles. The number of rotatable bonds is 8. The van der Waals surface area contributed by atoms with Crippen molar-refractivity contribution in [1.82, 2.24) is 4.90 Å². The van der Waals surface area contributed by atoms with Crippen molar-refractivity contribution < 1.29 is 9.59 Å². The predicted molar refractivity (Wildman–Crippen MR) is 127 cm³/mol. The normalized spacial score (nSPS) is 15.1. The Kier molecular flexibility index (Phi) is 8.10. The Hall–Kier alpha value is -2.82. The summed E-state index contributed by atoms with van der Waals surface area (Å²) < 4.78 is 0. The average molecular weight is 422 g/mol. The molecule has 1 fully saturated rings. The summed E-state index contributed by atoms with van der Waals surface area (Å²) in [6, 6.07) is 18.0. The van der Waals surface area contributed by atoms with E-state index >= 15 is 0 Å². The summed E-state index contributed by atoms with van der Waals surface area (Å²) in [5.74, 6) is 0.320. The maximum absolute atomic E-state index is 12.8. The Labute approximate surface area is 186 Å². The van der Waals surface area contributed by atoms with E-state index in [-0.39, 0.29) is 17.7 Å². The highest BCUT2D eigenvalue weighted by Crippen LogP contribution is 2.24. The highest BCUT2D eigenvalue weighted by Gasteiger charge is 2.25. The van der Waals surface area contributed by atoms with Crippen LogP contribution in [0.25, 0.3) is 0 Å². The van der Waals surface area contributed by atoms with Gasteiger partial charge in [-0.05, 0) is 49.1 Å². The lowest BCUT2D eigenvalue weighted by molar-refractivity contribution is -0.136. The maximum Gasteiger partial charge on any atom is 0.231 e. The Balaban J connectivity index is 1.56. The van der Waals surface area contributed by atoms with Gasteiger partial charge in [0.05, 0.1) is 5.92 Å². The largest absolute Gasteiger partial charge is 0.368 e. The topological polar surface area (TPSA) is 52.7 Å². The minimum atomic E-state index is -0.151. The molecule has 3 rings (SSSR count). The standard InChI is InChI=1S/C26H35N3O2/c1-4-20(5-2)26(31)29-18-16-28(17-19-29)23-14-12-22(13-15-23)27-25(30)24(6-3)21-10-8-7-9-11-21/h7-15,20,24H,4-6,16-19H2,1-3H3,(H,27,30). The molecule has 0 spiro atoms. The van der Waals surface area contributed by atoms with Crippen molar-refractivity contribution in [3.63, 3.8) is 0 Å². The molecule has 2 amide bonds. The fourth-order valence-corrected chi connectivity index (χ4v) is 4.32. The third-order valence-electron chi connectivity index (χ3n) is 6.35. The lowest BCUT2D eigenvalue weighted by Crippen LogP contribution is -2.50. The van der Waals surface area contributed by atoms with E-state index in [1.54, 1.807) is 0 Å². The van der Waals surface area contributed by atoms with Gasteiger partial charge in [0.25, 0.3) is 0 Å². The van der Waals surface area contributed by atoms with Crippen LogP contribution in [0.2, 0.25) is 0 Å². The number of benzene rings is 2. The van der Waals surface area contributed by atoms with Gasteiger partial charge in [-0.1, -0.05) is 51.1 Å². The molecule has 166 valence electrons. The molecule has 0 aliphatic carbocycles. The zero-order valence-electron chi connectivity index (χ0n) is 19.0. The summed E-state index contributed by atoms with van der Waals surface area (Å²) in [5, 5.41) is 3.06. The van der Waals surface area contributed by atoms with Gasteiger partial charge in [-0.15, -0.1) is 0 Å². The number of amides is 2. The van der Waals surface area contributed by atoms with Crippen molar-refractivity contribution >= 4 is 23.2 Å². The number of carbonyl (C=O) groups excluding carboxylic acids is 2. The minimum absolute atomic E-state index is 0.0231. The van der Waals surface area contributed by atoms with Crippen LogP contribution in [-0.2, 0) is 9.59 Å². The number of nitrogens with one attached hydrogen (secondary N) is 1. The average Bonchev–Trinajstić information content (AvgIpc) is 2.81. The monoisotopic (exact) mass is 421 g/mol. The molecule has 1 heterocycles. The van der Waals surface area contributed by atoms with Crippen molar-refractivity contribution in [2.24, 2.45) is 5.92 Å². The molecule has 1 saturated heterocycles. The van der Waals surface area contributed by atoms with Crippen LogP contribution in [0.1, 0.15) is 51.5 Å². The van der Waals surface area contributed by atoms with Crippen molar-refractivity contribution in [2.75, 3.05) is 36.4 Å². The van der Waals surface area contributed by atoms with Crippen LogP contribution in [-0.4, -0.2) is 42.9 Å². The molecule has 31 heavy (non-hydrogen) atoms. The van der Waals surface area contributed by atoms with Crippen molar-refractivity contribution in [3.8, 4) is 0 Å². The van der Waals surface area contributed by atoms with E-state index in [1.165, 1.54) is 0 Å².